The highest BCUT2D eigenvalue weighted by Gasteiger charge is 2.26. The third-order valence-corrected chi connectivity index (χ3v) is 17.9. The Kier molecular flexibility index (Phi) is 45.8. The lowest BCUT2D eigenvalue weighted by Gasteiger charge is -2.21. The first-order chi connectivity index (χ1) is 43.8. The van der Waals surface area contributed by atoms with Crippen LogP contribution in [-0.2, 0) is 30.5 Å². The number of hydrogen-bond donors (Lipinski definition) is 11. The number of carbonyl (C=O) groups excluding carboxylic acids is 3. The Balaban J connectivity index is 1.54. The number of carboxylic acid groups (broad SMARTS) is 2. The van der Waals surface area contributed by atoms with E-state index in [1.165, 1.54) is 139 Å². The van der Waals surface area contributed by atoms with Crippen LogP contribution in [0, 0.1) is 5.92 Å². The van der Waals surface area contributed by atoms with Gasteiger partial charge >= 0.3 is 23.6 Å². The van der Waals surface area contributed by atoms with Crippen LogP contribution in [0.4, 0.5) is 11.8 Å². The molecule has 1 aromatic carbocycles. The van der Waals surface area contributed by atoms with Gasteiger partial charge in [0.05, 0.1) is 18.2 Å². The number of H-pyrrole nitrogens is 1. The van der Waals surface area contributed by atoms with E-state index in [1.54, 1.807) is 36.0 Å². The number of nitrogens with one attached hydrogen (secondary N) is 6. The highest BCUT2D eigenvalue weighted by Crippen LogP contribution is 2.25. The van der Waals surface area contributed by atoms with Crippen LogP contribution in [0.2, 0.25) is 0 Å². The van der Waals surface area contributed by atoms with E-state index < -0.39 is 54.1 Å². The van der Waals surface area contributed by atoms with Crippen molar-refractivity contribution in [1.82, 2.24) is 40.8 Å². The Morgan fingerprint density at radius 1 is 0.600 bits per heavy atom. The van der Waals surface area contributed by atoms with Crippen LogP contribution in [0.1, 0.15) is 260 Å². The maximum Gasteiger partial charge on any atom is 0.338 e. The van der Waals surface area contributed by atoms with Crippen molar-refractivity contribution in [3.8, 4) is 0 Å². The number of unbranched alkanes of at least 4 members (excludes halogenated alkanes) is 27. The molecule has 0 aliphatic rings. The summed E-state index contributed by atoms with van der Waals surface area (Å²) in [6.45, 7) is 6.94. The normalized spacial score (nSPS) is 12.5. The number of aromatic nitrogens is 4. The molecule has 0 fully saturated rings. The number of nitrogens with zero attached hydrogens (tertiary/aromatic N) is 3. The quantitative estimate of drug-likeness (QED) is 0.0185. The number of thioether (sulfide) groups is 1. The highest BCUT2D eigenvalue weighted by atomic mass is 32.2. The lowest BCUT2D eigenvalue weighted by Crippen LogP contribution is -2.54. The van der Waals surface area contributed by atoms with Crippen LogP contribution >= 0.6 is 11.8 Å². The number of rotatable bonds is 61. The van der Waals surface area contributed by atoms with Crippen molar-refractivity contribution in [1.29, 1.82) is 0 Å². The van der Waals surface area contributed by atoms with Crippen molar-refractivity contribution in [2.45, 2.75) is 263 Å². The number of carboxylic acids is 2. The van der Waals surface area contributed by atoms with E-state index >= 15 is 0 Å². The number of aromatic amines is 1. The van der Waals surface area contributed by atoms with Crippen molar-refractivity contribution in [2.24, 2.45) is 17.4 Å². The molecule has 0 saturated carbocycles. The Labute approximate surface area is 543 Å². The third kappa shape index (κ3) is 38.5. The standard InChI is InChI=1S/C68H120N12O9S/c1-2-3-48-75-67-78-62(71)61-63(79-67)80(68(88)77-61)50-54-39-41-56(42-40-54)66(87)89-51-58(65(86)74-49-34-47-73-45-32-31-44-72-46-33-43-69)76-64(85)57(70)53-90-52-55(36-28-24-20-16-12-8-6-10-14-18-22-26-30-38-60(83)84)35-27-23-19-15-11-7-4-5-9-13-17-21-25-29-37-59(81)82/h39-42,55,57-58,72-73H,2-38,43-53,69-70H2,1H3,(H,74,86)(H,76,85)(H,77,88)(H,81,82)(H,83,84)(H3,71,75,78,79)/t55?,57-,58-/m0/s1. The molecule has 2 amide bonds. The lowest BCUT2D eigenvalue weighted by molar-refractivity contribution is -0.138. The maximum absolute atomic E-state index is 13.8. The average Bonchev–Trinajstić information content (AvgIpc) is 1.68. The molecule has 0 spiro atoms. The van der Waals surface area contributed by atoms with E-state index in [0.717, 1.165) is 109 Å². The molecule has 3 rings (SSSR count). The number of carbonyl (C=O) groups is 5. The van der Waals surface area contributed by atoms with Gasteiger partial charge in [0.1, 0.15) is 18.2 Å². The number of benzene rings is 1. The molecule has 0 aliphatic carbocycles. The van der Waals surface area contributed by atoms with Crippen LogP contribution in [0.15, 0.2) is 29.1 Å². The number of nitrogens with two attached hydrogens (primary N) is 3. The second-order valence-electron chi connectivity index (χ2n) is 24.7. The van der Waals surface area contributed by atoms with E-state index in [9.17, 15) is 28.8 Å². The Hall–Kier alpha value is -5.29. The summed E-state index contributed by atoms with van der Waals surface area (Å²) >= 11 is 1.70. The number of hydrogen-bond acceptors (Lipinski definition) is 16. The fraction of sp³-hybridized carbons (Fsp3) is 0.765. The topological polar surface area (TPSA) is 337 Å². The lowest BCUT2D eigenvalue weighted by atomic mass is 9.95. The van der Waals surface area contributed by atoms with Gasteiger partial charge in [0.2, 0.25) is 17.8 Å². The number of imidazole rings is 1. The predicted molar refractivity (Wildman–Crippen MR) is 367 cm³/mol. The first-order valence-electron chi connectivity index (χ1n) is 35.0. The van der Waals surface area contributed by atoms with Crippen molar-refractivity contribution < 1.29 is 38.9 Å². The number of amides is 2. The molecule has 3 atom stereocenters. The van der Waals surface area contributed by atoms with E-state index in [-0.39, 0.29) is 30.8 Å². The van der Waals surface area contributed by atoms with E-state index in [4.69, 9.17) is 32.2 Å². The SMILES string of the molecule is CCCCNc1nc(N)c2[nH]c(=O)n(Cc3ccc(C(=O)OC[C@H](NC(=O)[C@@H](N)CSCC(CCCCCCCCCCCCCCCCC(=O)O)CCCCCCCCCCCCCCCC(=O)O)C(=O)NCCCNCCCCNCCCN)cc3)c2n1. The maximum atomic E-state index is 13.8. The molecule has 0 aliphatic heterocycles. The minimum Gasteiger partial charge on any atom is -0.481 e. The highest BCUT2D eigenvalue weighted by molar-refractivity contribution is 7.99. The molecule has 2 heterocycles. The summed E-state index contributed by atoms with van der Waals surface area (Å²) in [5.41, 5.74) is 19.6. The van der Waals surface area contributed by atoms with Crippen LogP contribution in [0.25, 0.3) is 11.2 Å². The van der Waals surface area contributed by atoms with Crippen LogP contribution in [0.3, 0.4) is 0 Å². The predicted octanol–water partition coefficient (Wildman–Crippen LogP) is 11.4. The summed E-state index contributed by atoms with van der Waals surface area (Å²) in [7, 11) is 0. The molecule has 0 radical (unpaired) electrons. The monoisotopic (exact) mass is 1280 g/mol. The largest absolute Gasteiger partial charge is 0.481 e. The van der Waals surface area contributed by atoms with Gasteiger partial charge in [0.25, 0.3) is 0 Å². The molecule has 1 unspecified atom stereocenters. The van der Waals surface area contributed by atoms with Gasteiger partial charge in [-0.05, 0) is 120 Å². The Morgan fingerprint density at radius 2 is 1.09 bits per heavy atom. The molecular weight excluding hydrogens is 1160 g/mol. The summed E-state index contributed by atoms with van der Waals surface area (Å²) in [4.78, 5) is 87.2. The van der Waals surface area contributed by atoms with Crippen LogP contribution in [-0.4, -0.2) is 135 Å². The smallest absolute Gasteiger partial charge is 0.338 e. The van der Waals surface area contributed by atoms with E-state index in [0.29, 0.717) is 66.9 Å². The summed E-state index contributed by atoms with van der Waals surface area (Å²) in [5.74, 6) is -0.739. The zero-order chi connectivity index (χ0) is 65.1. The number of fused-ring (bicyclic) bond motifs is 1. The second-order valence-corrected chi connectivity index (χ2v) is 25.8. The van der Waals surface area contributed by atoms with Crippen LogP contribution in [0.5, 0.6) is 0 Å². The van der Waals surface area contributed by atoms with Crippen molar-refractivity contribution in [2.75, 3.05) is 75.0 Å². The van der Waals surface area contributed by atoms with Gasteiger partial charge in [-0.25, -0.2) is 9.59 Å². The molecule has 22 heteroatoms. The van der Waals surface area contributed by atoms with Gasteiger partial charge in [-0.1, -0.05) is 186 Å². The Morgan fingerprint density at radius 3 is 1.59 bits per heavy atom. The number of ether oxygens (including phenoxy) is 1. The number of nitrogen functional groups attached to an aromatic ring is 1. The zero-order valence-corrected chi connectivity index (χ0v) is 56.0. The summed E-state index contributed by atoms with van der Waals surface area (Å²) < 4.78 is 7.18. The summed E-state index contributed by atoms with van der Waals surface area (Å²) in [6, 6.07) is 4.54. The van der Waals surface area contributed by atoms with Gasteiger partial charge < -0.3 is 63.7 Å². The minimum atomic E-state index is -1.18. The molecular formula is C68H120N12O9S. The van der Waals surface area contributed by atoms with E-state index in [2.05, 4.69) is 48.5 Å². The number of anilines is 2. The number of esters is 1. The minimum absolute atomic E-state index is 0.144. The molecule has 0 bridgehead atoms. The third-order valence-electron chi connectivity index (χ3n) is 16.6. The molecule has 2 aromatic heterocycles. The van der Waals surface area contributed by atoms with Gasteiger partial charge in [-0.2, -0.15) is 21.7 Å². The Bertz CT molecular complexity index is 2430. The van der Waals surface area contributed by atoms with Crippen molar-refractivity contribution >= 4 is 64.4 Å². The first-order valence-corrected chi connectivity index (χ1v) is 36.2. The van der Waals surface area contributed by atoms with Crippen molar-refractivity contribution in [3.05, 3.63) is 45.9 Å². The molecule has 0 saturated heterocycles. The number of aliphatic carboxylic acids is 2. The van der Waals surface area contributed by atoms with Gasteiger partial charge in [-0.15, -0.1) is 0 Å². The van der Waals surface area contributed by atoms with Gasteiger partial charge in [0, 0.05) is 31.7 Å². The first kappa shape index (κ1) is 78.9. The average molecular weight is 1280 g/mol. The van der Waals surface area contributed by atoms with Gasteiger partial charge in [-0.3, -0.25) is 23.7 Å². The second kappa shape index (κ2) is 52.2. The fourth-order valence-corrected chi connectivity index (χ4v) is 12.3. The van der Waals surface area contributed by atoms with Gasteiger partial charge in [0.15, 0.2) is 11.5 Å². The summed E-state index contributed by atoms with van der Waals surface area (Å²) in [5, 5.41) is 33.4. The van der Waals surface area contributed by atoms with Crippen molar-refractivity contribution in [3.63, 3.8) is 0 Å². The summed E-state index contributed by atoms with van der Waals surface area (Å²) in [6.07, 6.45) is 40.5. The van der Waals surface area contributed by atoms with E-state index in [1.807, 2.05) is 0 Å². The molecule has 3 aromatic rings. The molecule has 21 nitrogen and oxygen atoms in total. The molecule has 90 heavy (non-hydrogen) atoms. The zero-order valence-electron chi connectivity index (χ0n) is 55.2. The molecule has 14 N–H and O–H groups in total. The fourth-order valence-electron chi connectivity index (χ4n) is 11.0. The molecule has 512 valence electrons. The van der Waals surface area contributed by atoms with Crippen LogP contribution < -0.4 is 49.5 Å².